The summed E-state index contributed by atoms with van der Waals surface area (Å²) in [5, 5.41) is 13.4. The number of hydrogen-bond donors (Lipinski definition) is 7. The van der Waals surface area contributed by atoms with Crippen molar-refractivity contribution in [2.75, 3.05) is 26.2 Å². The summed E-state index contributed by atoms with van der Waals surface area (Å²) in [7, 11) is 0. The number of carbonyl (C=O) groups is 2. The van der Waals surface area contributed by atoms with E-state index in [9.17, 15) is 9.59 Å². The van der Waals surface area contributed by atoms with Gasteiger partial charge in [0.05, 0.1) is 12.3 Å². The van der Waals surface area contributed by atoms with Crippen LogP contribution in [-0.4, -0.2) is 56.6 Å². The summed E-state index contributed by atoms with van der Waals surface area (Å²) in [6.45, 7) is 3.55. The fourth-order valence-electron chi connectivity index (χ4n) is 5.34. The zero-order chi connectivity index (χ0) is 21.5. The molecule has 31 heavy (non-hydrogen) atoms. The predicted octanol–water partition coefficient (Wildman–Crippen LogP) is -0.594. The van der Waals surface area contributed by atoms with Crippen LogP contribution >= 0.6 is 0 Å². The maximum absolute atomic E-state index is 12.2. The van der Waals surface area contributed by atoms with Crippen molar-refractivity contribution in [1.82, 2.24) is 37.6 Å². The van der Waals surface area contributed by atoms with Crippen LogP contribution < -0.4 is 37.6 Å². The lowest BCUT2D eigenvalue weighted by atomic mass is 9.76. The van der Waals surface area contributed by atoms with Crippen LogP contribution in [0.1, 0.15) is 57.8 Å². The predicted molar refractivity (Wildman–Crippen MR) is 116 cm³/mol. The van der Waals surface area contributed by atoms with E-state index in [-0.39, 0.29) is 36.3 Å². The van der Waals surface area contributed by atoms with Crippen LogP contribution in [0.5, 0.6) is 0 Å². The lowest BCUT2D eigenvalue weighted by Gasteiger charge is -2.41. The molecule has 3 heterocycles. The number of hydrogen-bond acceptors (Lipinski definition) is 8. The second-order valence-electron chi connectivity index (χ2n) is 9.32. The fraction of sp³-hybridized carbons (Fsp3) is 0.905. The van der Waals surface area contributed by atoms with Crippen molar-refractivity contribution >= 4 is 11.8 Å². The average Bonchev–Trinajstić information content (AvgIpc) is 3.29. The summed E-state index contributed by atoms with van der Waals surface area (Å²) in [5.41, 5.74) is 9.03. The van der Waals surface area contributed by atoms with Gasteiger partial charge in [-0.3, -0.25) is 25.2 Å². The third-order valence-electron chi connectivity index (χ3n) is 7.17. The van der Waals surface area contributed by atoms with Gasteiger partial charge in [-0.25, -0.2) is 5.43 Å². The first kappa shape index (κ1) is 22.9. The Balaban J connectivity index is 1.05. The van der Waals surface area contributed by atoms with Crippen LogP contribution in [-0.2, 0) is 14.4 Å². The second kappa shape index (κ2) is 11.5. The van der Waals surface area contributed by atoms with Crippen LogP contribution in [0.3, 0.4) is 0 Å². The van der Waals surface area contributed by atoms with Crippen molar-refractivity contribution in [3.63, 3.8) is 0 Å². The quantitative estimate of drug-likeness (QED) is 0.239. The lowest BCUT2D eigenvalue weighted by molar-refractivity contribution is -0.134. The van der Waals surface area contributed by atoms with Crippen molar-refractivity contribution < 1.29 is 14.4 Å². The highest BCUT2D eigenvalue weighted by Crippen LogP contribution is 2.33. The molecule has 1 saturated carbocycles. The zero-order valence-corrected chi connectivity index (χ0v) is 18.4. The van der Waals surface area contributed by atoms with Gasteiger partial charge < -0.3 is 16.0 Å². The number of piperidine rings is 1. The van der Waals surface area contributed by atoms with Gasteiger partial charge in [0.2, 0.25) is 11.8 Å². The molecule has 2 amide bonds. The molecule has 0 aromatic carbocycles. The number of amides is 2. The largest absolute Gasteiger partial charge is 0.356 e. The molecule has 0 aromatic rings. The molecule has 0 radical (unpaired) electrons. The zero-order valence-electron chi connectivity index (χ0n) is 18.4. The fourth-order valence-corrected chi connectivity index (χ4v) is 5.34. The van der Waals surface area contributed by atoms with E-state index in [1.54, 1.807) is 0 Å². The molecule has 4 fully saturated rings. The van der Waals surface area contributed by atoms with Crippen molar-refractivity contribution in [2.45, 2.75) is 76.3 Å². The third kappa shape index (κ3) is 6.36. The van der Waals surface area contributed by atoms with Crippen molar-refractivity contribution in [1.29, 1.82) is 0 Å². The Hall–Kier alpha value is -1.30. The van der Waals surface area contributed by atoms with E-state index in [4.69, 9.17) is 4.84 Å². The summed E-state index contributed by atoms with van der Waals surface area (Å²) < 4.78 is 0. The molecule has 0 aromatic heterocycles. The first-order chi connectivity index (χ1) is 15.2. The molecule has 1 aliphatic carbocycles. The number of hydrazine groups is 1. The van der Waals surface area contributed by atoms with Gasteiger partial charge in [0.15, 0.2) is 0 Å². The number of hydroxylamine groups is 1. The van der Waals surface area contributed by atoms with E-state index in [0.717, 1.165) is 58.2 Å². The van der Waals surface area contributed by atoms with Gasteiger partial charge in [-0.1, -0.05) is 12.8 Å². The van der Waals surface area contributed by atoms with Gasteiger partial charge in [-0.2, -0.15) is 5.48 Å². The highest BCUT2D eigenvalue weighted by atomic mass is 16.7. The molecule has 3 saturated heterocycles. The average molecular weight is 438 g/mol. The van der Waals surface area contributed by atoms with Gasteiger partial charge in [0.25, 0.3) is 0 Å². The van der Waals surface area contributed by atoms with Crippen molar-refractivity contribution in [2.24, 2.45) is 17.8 Å². The van der Waals surface area contributed by atoms with Crippen molar-refractivity contribution in [3.05, 3.63) is 0 Å². The maximum atomic E-state index is 12.2. The molecular weight excluding hydrogens is 398 g/mol. The lowest BCUT2D eigenvalue weighted by Crippen LogP contribution is -2.64. The molecule has 10 nitrogen and oxygen atoms in total. The highest BCUT2D eigenvalue weighted by molar-refractivity contribution is 5.79. The summed E-state index contributed by atoms with van der Waals surface area (Å²) >= 11 is 0. The molecule has 0 bridgehead atoms. The summed E-state index contributed by atoms with van der Waals surface area (Å²) in [4.78, 5) is 29.8. The molecule has 3 aliphatic heterocycles. The SMILES string of the molecule is O=C(CCC1NC(C2CCNCC2)NO1)NCCCNC1NNC(=O)C2CCCCC12. The van der Waals surface area contributed by atoms with Crippen LogP contribution in [0.15, 0.2) is 0 Å². The van der Waals surface area contributed by atoms with E-state index in [2.05, 4.69) is 37.6 Å². The standard InChI is InChI=1S/C21H39N7O3/c29-17(6-7-18-25-19(28-31-18)14-8-12-22-13-9-14)23-10-3-11-24-20-15-4-1-2-5-16(15)21(30)27-26-20/h14-16,18-20,22,24-26,28H,1-13H2,(H,23,29)(H,27,30). The van der Waals surface area contributed by atoms with Crippen LogP contribution in [0.2, 0.25) is 0 Å². The van der Waals surface area contributed by atoms with Gasteiger partial charge in [0.1, 0.15) is 6.23 Å². The Morgan fingerprint density at radius 3 is 2.81 bits per heavy atom. The summed E-state index contributed by atoms with van der Waals surface area (Å²) in [5.74, 6) is 1.25. The van der Waals surface area contributed by atoms with Crippen LogP contribution in [0, 0.1) is 17.8 Å². The normalized spacial score (nSPS) is 34.2. The molecular formula is C21H39N7O3. The van der Waals surface area contributed by atoms with Gasteiger partial charge in [-0.05, 0) is 64.1 Å². The Kier molecular flexibility index (Phi) is 8.51. The van der Waals surface area contributed by atoms with Gasteiger partial charge in [-0.15, -0.1) is 0 Å². The number of nitrogens with one attached hydrogen (secondary N) is 7. The Morgan fingerprint density at radius 2 is 1.94 bits per heavy atom. The first-order valence-electron chi connectivity index (χ1n) is 12.1. The summed E-state index contributed by atoms with van der Waals surface area (Å²) in [6.07, 6.45) is 8.84. The number of carbonyl (C=O) groups excluding carboxylic acids is 2. The molecule has 5 unspecified atom stereocenters. The topological polar surface area (TPSA) is 128 Å². The van der Waals surface area contributed by atoms with E-state index in [0.29, 0.717) is 31.2 Å². The Morgan fingerprint density at radius 1 is 1.10 bits per heavy atom. The van der Waals surface area contributed by atoms with Crippen LogP contribution in [0.25, 0.3) is 0 Å². The molecule has 10 heteroatoms. The minimum absolute atomic E-state index is 0.0612. The molecule has 7 N–H and O–H groups in total. The molecule has 0 spiro atoms. The van der Waals surface area contributed by atoms with E-state index < -0.39 is 0 Å². The van der Waals surface area contributed by atoms with Crippen LogP contribution in [0.4, 0.5) is 0 Å². The smallest absolute Gasteiger partial charge is 0.237 e. The second-order valence-corrected chi connectivity index (χ2v) is 9.32. The molecule has 5 atom stereocenters. The summed E-state index contributed by atoms with van der Waals surface area (Å²) in [6, 6.07) is 0. The van der Waals surface area contributed by atoms with Gasteiger partial charge in [0, 0.05) is 24.8 Å². The van der Waals surface area contributed by atoms with E-state index in [1.165, 1.54) is 6.42 Å². The monoisotopic (exact) mass is 437 g/mol. The minimum atomic E-state index is -0.108. The number of fused-ring (bicyclic) bond motifs is 1. The molecule has 176 valence electrons. The Bertz CT molecular complexity index is 602. The highest BCUT2D eigenvalue weighted by Gasteiger charge is 2.39. The van der Waals surface area contributed by atoms with E-state index in [1.807, 2.05) is 0 Å². The first-order valence-corrected chi connectivity index (χ1v) is 12.1. The third-order valence-corrected chi connectivity index (χ3v) is 7.17. The number of rotatable bonds is 9. The Labute approximate surface area is 184 Å². The molecule has 4 aliphatic rings. The van der Waals surface area contributed by atoms with E-state index >= 15 is 0 Å². The molecule has 4 rings (SSSR count). The minimum Gasteiger partial charge on any atom is -0.356 e. The van der Waals surface area contributed by atoms with Crippen molar-refractivity contribution in [3.8, 4) is 0 Å². The van der Waals surface area contributed by atoms with Gasteiger partial charge >= 0.3 is 0 Å². The maximum Gasteiger partial charge on any atom is 0.237 e.